The fraction of sp³-hybridized carbons (Fsp3) is 0.100. The van der Waals surface area contributed by atoms with E-state index in [4.69, 9.17) is 28.9 Å². The summed E-state index contributed by atoms with van der Waals surface area (Å²) in [5.41, 5.74) is 9.39. The largest absolute Gasteiger partial charge is 0.319 e. The Bertz CT molecular complexity index is 456. The topological polar surface area (TPSA) is 38.9 Å². The van der Waals surface area contributed by atoms with Crippen molar-refractivity contribution < 1.29 is 0 Å². The highest BCUT2D eigenvalue weighted by molar-refractivity contribution is 7.07. The van der Waals surface area contributed by atoms with Crippen molar-refractivity contribution in [3.8, 4) is 0 Å². The van der Waals surface area contributed by atoms with Crippen LogP contribution in [-0.2, 0) is 0 Å². The number of aromatic nitrogens is 1. The molecule has 1 aromatic heterocycles. The van der Waals surface area contributed by atoms with E-state index in [2.05, 4.69) is 4.98 Å². The molecule has 0 saturated heterocycles. The van der Waals surface area contributed by atoms with Crippen LogP contribution in [0.4, 0.5) is 0 Å². The third-order valence-corrected chi connectivity index (χ3v) is 3.25. The second-order valence-electron chi connectivity index (χ2n) is 3.06. The van der Waals surface area contributed by atoms with E-state index in [9.17, 15) is 0 Å². The third kappa shape index (κ3) is 2.32. The maximum absolute atomic E-state index is 6.04. The minimum atomic E-state index is -0.317. The molecule has 0 spiro atoms. The molecule has 1 unspecified atom stereocenters. The highest BCUT2D eigenvalue weighted by Gasteiger charge is 2.14. The number of hydrogen-bond donors (Lipinski definition) is 1. The first-order valence-electron chi connectivity index (χ1n) is 4.27. The molecule has 0 radical (unpaired) electrons. The molecule has 0 aliphatic carbocycles. The molecule has 2 aromatic rings. The molecule has 78 valence electrons. The number of nitrogens with zero attached hydrogens (tertiary/aromatic N) is 1. The molecule has 0 aliphatic heterocycles. The summed E-state index contributed by atoms with van der Waals surface area (Å²) in [6, 6.07) is 4.93. The van der Waals surface area contributed by atoms with E-state index in [1.807, 2.05) is 5.38 Å². The standard InChI is InChI=1S/C10H8Cl2N2S/c11-6-1-2-8(12)7(3-6)10(13)9-4-15-5-14-9/h1-5,10H,13H2. The van der Waals surface area contributed by atoms with Crippen molar-refractivity contribution in [1.82, 2.24) is 4.98 Å². The average molecular weight is 259 g/mol. The number of hydrogen-bond acceptors (Lipinski definition) is 3. The van der Waals surface area contributed by atoms with Gasteiger partial charge in [0.1, 0.15) is 0 Å². The van der Waals surface area contributed by atoms with Crippen LogP contribution in [0.5, 0.6) is 0 Å². The average Bonchev–Trinajstić information content (AvgIpc) is 2.74. The maximum Gasteiger partial charge on any atom is 0.0795 e. The predicted molar refractivity (Wildman–Crippen MR) is 64.6 cm³/mol. The van der Waals surface area contributed by atoms with Crippen LogP contribution < -0.4 is 5.73 Å². The lowest BCUT2D eigenvalue weighted by Crippen LogP contribution is -2.12. The summed E-state index contributed by atoms with van der Waals surface area (Å²) in [5, 5.41) is 3.14. The monoisotopic (exact) mass is 258 g/mol. The fourth-order valence-electron chi connectivity index (χ4n) is 1.29. The lowest BCUT2D eigenvalue weighted by Gasteiger charge is -2.11. The van der Waals surface area contributed by atoms with Gasteiger partial charge < -0.3 is 5.73 Å². The molecule has 2 N–H and O–H groups in total. The molecule has 2 nitrogen and oxygen atoms in total. The normalized spacial score (nSPS) is 12.7. The molecule has 0 fully saturated rings. The molecule has 2 rings (SSSR count). The number of halogens is 2. The quantitative estimate of drug-likeness (QED) is 0.896. The number of nitrogens with two attached hydrogens (primary N) is 1. The van der Waals surface area contributed by atoms with Crippen molar-refractivity contribution in [3.05, 3.63) is 50.4 Å². The van der Waals surface area contributed by atoms with E-state index < -0.39 is 0 Å². The van der Waals surface area contributed by atoms with Crippen LogP contribution in [0.15, 0.2) is 29.1 Å². The summed E-state index contributed by atoms with van der Waals surface area (Å²) in [6.45, 7) is 0. The maximum atomic E-state index is 6.04. The summed E-state index contributed by atoms with van der Waals surface area (Å²) in [5.74, 6) is 0. The van der Waals surface area contributed by atoms with Gasteiger partial charge in [-0.15, -0.1) is 11.3 Å². The Morgan fingerprint density at radius 3 is 2.80 bits per heavy atom. The Labute approximate surface area is 102 Å². The van der Waals surface area contributed by atoms with Crippen LogP contribution in [0.3, 0.4) is 0 Å². The molecule has 0 amide bonds. The summed E-state index contributed by atoms with van der Waals surface area (Å²) in [4.78, 5) is 4.16. The van der Waals surface area contributed by atoms with Gasteiger partial charge in [0.25, 0.3) is 0 Å². The predicted octanol–water partition coefficient (Wildman–Crippen LogP) is 3.50. The lowest BCUT2D eigenvalue weighted by atomic mass is 10.1. The van der Waals surface area contributed by atoms with E-state index in [1.54, 1.807) is 23.7 Å². The van der Waals surface area contributed by atoms with Crippen molar-refractivity contribution >= 4 is 34.5 Å². The minimum Gasteiger partial charge on any atom is -0.319 e. The fourth-order valence-corrected chi connectivity index (χ4v) is 2.29. The SMILES string of the molecule is NC(c1cscn1)c1cc(Cl)ccc1Cl. The first kappa shape index (κ1) is 10.9. The molecule has 1 heterocycles. The van der Waals surface area contributed by atoms with E-state index in [0.29, 0.717) is 10.0 Å². The number of benzene rings is 1. The van der Waals surface area contributed by atoms with Crippen molar-refractivity contribution in [2.45, 2.75) is 6.04 Å². The molecule has 5 heteroatoms. The first-order valence-corrected chi connectivity index (χ1v) is 5.97. The Kier molecular flexibility index (Phi) is 3.26. The van der Waals surface area contributed by atoms with Crippen molar-refractivity contribution in [2.75, 3.05) is 0 Å². The van der Waals surface area contributed by atoms with Crippen LogP contribution in [0.1, 0.15) is 17.3 Å². The number of thiazole rings is 1. The van der Waals surface area contributed by atoms with Crippen LogP contribution >= 0.6 is 34.5 Å². The summed E-state index contributed by atoms with van der Waals surface area (Å²) in [7, 11) is 0. The minimum absolute atomic E-state index is 0.317. The molecular formula is C10H8Cl2N2S. The molecule has 0 bridgehead atoms. The highest BCUT2D eigenvalue weighted by atomic mass is 35.5. The zero-order chi connectivity index (χ0) is 10.8. The summed E-state index contributed by atoms with van der Waals surface area (Å²) >= 11 is 13.4. The van der Waals surface area contributed by atoms with E-state index in [-0.39, 0.29) is 6.04 Å². The van der Waals surface area contributed by atoms with Gasteiger partial charge in [0.05, 0.1) is 17.2 Å². The van der Waals surface area contributed by atoms with Crippen molar-refractivity contribution in [2.24, 2.45) is 5.73 Å². The second-order valence-corrected chi connectivity index (χ2v) is 4.62. The van der Waals surface area contributed by atoms with E-state index >= 15 is 0 Å². The zero-order valence-electron chi connectivity index (χ0n) is 7.65. The van der Waals surface area contributed by atoms with Gasteiger partial charge in [-0.1, -0.05) is 23.2 Å². The Hall–Kier alpha value is -0.610. The van der Waals surface area contributed by atoms with Crippen LogP contribution in [0, 0.1) is 0 Å². The first-order chi connectivity index (χ1) is 7.18. The Balaban J connectivity index is 2.41. The third-order valence-electron chi connectivity index (χ3n) is 2.06. The van der Waals surface area contributed by atoms with Gasteiger partial charge in [-0.2, -0.15) is 0 Å². The Morgan fingerprint density at radius 2 is 2.13 bits per heavy atom. The van der Waals surface area contributed by atoms with Gasteiger partial charge in [0.2, 0.25) is 0 Å². The highest BCUT2D eigenvalue weighted by Crippen LogP contribution is 2.28. The van der Waals surface area contributed by atoms with E-state index in [0.717, 1.165) is 11.3 Å². The molecule has 1 aromatic carbocycles. The Morgan fingerprint density at radius 1 is 1.33 bits per heavy atom. The van der Waals surface area contributed by atoms with Crippen molar-refractivity contribution in [3.63, 3.8) is 0 Å². The van der Waals surface area contributed by atoms with E-state index in [1.165, 1.54) is 11.3 Å². The summed E-state index contributed by atoms with van der Waals surface area (Å²) < 4.78 is 0. The molecule has 15 heavy (non-hydrogen) atoms. The second kappa shape index (κ2) is 4.49. The molecule has 0 saturated carbocycles. The molecule has 0 aliphatic rings. The smallest absolute Gasteiger partial charge is 0.0795 e. The van der Waals surface area contributed by atoms with Gasteiger partial charge >= 0.3 is 0 Å². The van der Waals surface area contributed by atoms with Gasteiger partial charge in [-0.25, -0.2) is 4.98 Å². The van der Waals surface area contributed by atoms with Gasteiger partial charge in [-0.3, -0.25) is 0 Å². The van der Waals surface area contributed by atoms with Crippen molar-refractivity contribution in [1.29, 1.82) is 0 Å². The van der Waals surface area contributed by atoms with Crippen LogP contribution in [-0.4, -0.2) is 4.98 Å². The summed E-state index contributed by atoms with van der Waals surface area (Å²) in [6.07, 6.45) is 0. The zero-order valence-corrected chi connectivity index (χ0v) is 9.98. The molecule has 1 atom stereocenters. The van der Waals surface area contributed by atoms with Crippen LogP contribution in [0.25, 0.3) is 0 Å². The lowest BCUT2D eigenvalue weighted by molar-refractivity contribution is 0.839. The van der Waals surface area contributed by atoms with Gasteiger partial charge in [-0.05, 0) is 23.8 Å². The molecular weight excluding hydrogens is 251 g/mol. The van der Waals surface area contributed by atoms with Gasteiger partial charge in [0, 0.05) is 15.4 Å². The van der Waals surface area contributed by atoms with Gasteiger partial charge in [0.15, 0.2) is 0 Å². The number of rotatable bonds is 2. The van der Waals surface area contributed by atoms with Crippen LogP contribution in [0.2, 0.25) is 10.0 Å².